The van der Waals surface area contributed by atoms with E-state index < -0.39 is 6.16 Å². The summed E-state index contributed by atoms with van der Waals surface area (Å²) in [6, 6.07) is 10.2. The van der Waals surface area contributed by atoms with Crippen LogP contribution in [-0.2, 0) is 15.9 Å². The summed E-state index contributed by atoms with van der Waals surface area (Å²) in [5.74, 6) is 0. The van der Waals surface area contributed by atoms with E-state index in [9.17, 15) is 4.79 Å². The summed E-state index contributed by atoms with van der Waals surface area (Å²) in [4.78, 5) is 11.3. The average Bonchev–Trinajstić information content (AvgIpc) is 2.52. The molecule has 0 aliphatic carbocycles. The summed E-state index contributed by atoms with van der Waals surface area (Å²) in [5, 5.41) is 0. The van der Waals surface area contributed by atoms with Crippen LogP contribution in [0, 0.1) is 0 Å². The molecule has 0 atom stereocenters. The average molecular weight is 292 g/mol. The summed E-state index contributed by atoms with van der Waals surface area (Å²) < 4.78 is 10.1. The lowest BCUT2D eigenvalue weighted by Crippen LogP contribution is -2.10. The first kappa shape index (κ1) is 17.5. The Bertz CT molecular complexity index is 362. The molecular formula is C18H28O3. The van der Waals surface area contributed by atoms with Gasteiger partial charge in [-0.3, -0.25) is 0 Å². The van der Waals surface area contributed by atoms with Crippen molar-refractivity contribution in [3.05, 3.63) is 35.9 Å². The van der Waals surface area contributed by atoms with Gasteiger partial charge >= 0.3 is 6.16 Å². The number of benzene rings is 1. The number of unbranched alkanes of at least 4 members (excludes halogenated alkanes) is 5. The van der Waals surface area contributed by atoms with Gasteiger partial charge in [0, 0.05) is 0 Å². The molecule has 1 aromatic rings. The number of hydrogen-bond donors (Lipinski definition) is 0. The second-order valence-electron chi connectivity index (χ2n) is 5.30. The number of hydrogen-bond acceptors (Lipinski definition) is 3. The maximum absolute atomic E-state index is 11.3. The summed E-state index contributed by atoms with van der Waals surface area (Å²) >= 11 is 0. The van der Waals surface area contributed by atoms with Crippen LogP contribution in [0.3, 0.4) is 0 Å². The van der Waals surface area contributed by atoms with Crippen LogP contribution < -0.4 is 0 Å². The van der Waals surface area contributed by atoms with Crippen molar-refractivity contribution in [2.24, 2.45) is 0 Å². The molecule has 0 aromatic heterocycles. The lowest BCUT2D eigenvalue weighted by molar-refractivity contribution is 0.0534. The number of carbonyl (C=O) groups excluding carboxylic acids is 1. The Hall–Kier alpha value is -1.51. The quantitative estimate of drug-likeness (QED) is 0.419. The molecule has 3 nitrogen and oxygen atoms in total. The highest BCUT2D eigenvalue weighted by atomic mass is 16.7. The third kappa shape index (κ3) is 9.94. The molecule has 0 spiro atoms. The van der Waals surface area contributed by atoms with E-state index in [0.717, 1.165) is 25.7 Å². The van der Waals surface area contributed by atoms with Gasteiger partial charge in [0.15, 0.2) is 0 Å². The fourth-order valence-corrected chi connectivity index (χ4v) is 2.16. The van der Waals surface area contributed by atoms with Gasteiger partial charge in [0.05, 0.1) is 13.2 Å². The van der Waals surface area contributed by atoms with Crippen molar-refractivity contribution in [3.8, 4) is 0 Å². The second kappa shape index (κ2) is 12.2. The van der Waals surface area contributed by atoms with Crippen LogP contribution in [0.5, 0.6) is 0 Å². The van der Waals surface area contributed by atoms with Gasteiger partial charge in [-0.05, 0) is 24.8 Å². The van der Waals surface area contributed by atoms with Gasteiger partial charge in [-0.2, -0.15) is 0 Å². The Balaban J connectivity index is 1.90. The Morgan fingerprint density at radius 2 is 1.48 bits per heavy atom. The summed E-state index contributed by atoms with van der Waals surface area (Å²) in [6.07, 6.45) is 8.34. The molecule has 0 aliphatic rings. The van der Waals surface area contributed by atoms with Crippen LogP contribution in [0.15, 0.2) is 30.3 Å². The van der Waals surface area contributed by atoms with Crippen molar-refractivity contribution in [2.45, 2.75) is 58.3 Å². The topological polar surface area (TPSA) is 35.5 Å². The first-order valence-electron chi connectivity index (χ1n) is 8.16. The molecule has 0 aliphatic heterocycles. The molecule has 3 heteroatoms. The van der Waals surface area contributed by atoms with E-state index >= 15 is 0 Å². The number of aryl methyl sites for hydroxylation is 1. The number of rotatable bonds is 11. The van der Waals surface area contributed by atoms with E-state index in [4.69, 9.17) is 9.47 Å². The standard InChI is InChI=1S/C18H28O3/c1-2-3-4-5-6-10-15-20-18(19)21-16-11-14-17-12-8-7-9-13-17/h7-9,12-13H,2-6,10-11,14-16H2,1H3. The molecule has 0 amide bonds. The zero-order valence-electron chi connectivity index (χ0n) is 13.2. The molecule has 0 saturated carbocycles. The molecule has 0 bridgehead atoms. The van der Waals surface area contributed by atoms with Crippen LogP contribution in [0.4, 0.5) is 4.79 Å². The minimum absolute atomic E-state index is 0.421. The first-order valence-corrected chi connectivity index (χ1v) is 8.16. The molecule has 0 unspecified atom stereocenters. The number of ether oxygens (including phenoxy) is 2. The molecular weight excluding hydrogens is 264 g/mol. The van der Waals surface area contributed by atoms with Crippen LogP contribution in [0.2, 0.25) is 0 Å². The summed E-state index contributed by atoms with van der Waals surface area (Å²) in [6.45, 7) is 3.10. The highest BCUT2D eigenvalue weighted by Crippen LogP contribution is 2.05. The molecule has 21 heavy (non-hydrogen) atoms. The Morgan fingerprint density at radius 3 is 2.19 bits per heavy atom. The van der Waals surface area contributed by atoms with Crippen LogP contribution >= 0.6 is 0 Å². The van der Waals surface area contributed by atoms with E-state index in [-0.39, 0.29) is 0 Å². The SMILES string of the molecule is CCCCCCCCOC(=O)OCCCc1ccccc1. The van der Waals surface area contributed by atoms with E-state index in [1.807, 2.05) is 18.2 Å². The highest BCUT2D eigenvalue weighted by Gasteiger charge is 2.03. The van der Waals surface area contributed by atoms with Gasteiger partial charge in [0.1, 0.15) is 0 Å². The van der Waals surface area contributed by atoms with E-state index in [0.29, 0.717) is 13.2 Å². The van der Waals surface area contributed by atoms with Crippen LogP contribution in [-0.4, -0.2) is 19.4 Å². The van der Waals surface area contributed by atoms with Crippen molar-refractivity contribution < 1.29 is 14.3 Å². The highest BCUT2D eigenvalue weighted by molar-refractivity contribution is 5.59. The predicted octanol–water partition coefficient (Wildman–Crippen LogP) is 5.13. The van der Waals surface area contributed by atoms with E-state index in [1.165, 1.54) is 31.2 Å². The minimum atomic E-state index is -0.531. The van der Waals surface area contributed by atoms with Crippen LogP contribution in [0.1, 0.15) is 57.4 Å². The largest absolute Gasteiger partial charge is 0.508 e. The molecule has 0 fully saturated rings. The molecule has 118 valence electrons. The van der Waals surface area contributed by atoms with Crippen molar-refractivity contribution in [1.82, 2.24) is 0 Å². The molecule has 0 heterocycles. The normalized spacial score (nSPS) is 10.3. The number of carbonyl (C=O) groups is 1. The third-order valence-electron chi connectivity index (χ3n) is 3.39. The Kier molecular flexibility index (Phi) is 10.2. The smallest absolute Gasteiger partial charge is 0.434 e. The summed E-state index contributed by atoms with van der Waals surface area (Å²) in [5.41, 5.74) is 1.27. The van der Waals surface area contributed by atoms with Crippen molar-refractivity contribution in [2.75, 3.05) is 13.2 Å². The van der Waals surface area contributed by atoms with E-state index in [2.05, 4.69) is 19.1 Å². The third-order valence-corrected chi connectivity index (χ3v) is 3.39. The fraction of sp³-hybridized carbons (Fsp3) is 0.611. The molecule has 0 radical (unpaired) electrons. The monoisotopic (exact) mass is 292 g/mol. The maximum atomic E-state index is 11.3. The van der Waals surface area contributed by atoms with E-state index in [1.54, 1.807) is 0 Å². The molecule has 0 saturated heterocycles. The summed E-state index contributed by atoms with van der Waals surface area (Å²) in [7, 11) is 0. The maximum Gasteiger partial charge on any atom is 0.508 e. The van der Waals surface area contributed by atoms with Gasteiger partial charge < -0.3 is 9.47 Å². The molecule has 1 aromatic carbocycles. The van der Waals surface area contributed by atoms with Gasteiger partial charge in [0.2, 0.25) is 0 Å². The van der Waals surface area contributed by atoms with Gasteiger partial charge in [-0.25, -0.2) is 4.79 Å². The van der Waals surface area contributed by atoms with Crippen molar-refractivity contribution in [1.29, 1.82) is 0 Å². The van der Waals surface area contributed by atoms with Crippen LogP contribution in [0.25, 0.3) is 0 Å². The predicted molar refractivity (Wildman–Crippen MR) is 85.4 cm³/mol. The first-order chi connectivity index (χ1) is 10.3. The molecule has 0 N–H and O–H groups in total. The zero-order valence-corrected chi connectivity index (χ0v) is 13.2. The van der Waals surface area contributed by atoms with Crippen molar-refractivity contribution in [3.63, 3.8) is 0 Å². The fourth-order valence-electron chi connectivity index (χ4n) is 2.16. The molecule has 1 rings (SSSR count). The van der Waals surface area contributed by atoms with Gasteiger partial charge in [-0.15, -0.1) is 0 Å². The Morgan fingerprint density at radius 1 is 0.857 bits per heavy atom. The second-order valence-corrected chi connectivity index (χ2v) is 5.30. The zero-order chi connectivity index (χ0) is 15.2. The lowest BCUT2D eigenvalue weighted by atomic mass is 10.1. The van der Waals surface area contributed by atoms with Gasteiger partial charge in [0.25, 0.3) is 0 Å². The van der Waals surface area contributed by atoms with Crippen molar-refractivity contribution >= 4 is 6.16 Å². The Labute approximate surface area is 128 Å². The van der Waals surface area contributed by atoms with Gasteiger partial charge in [-0.1, -0.05) is 69.4 Å². The minimum Gasteiger partial charge on any atom is -0.434 e. The lowest BCUT2D eigenvalue weighted by Gasteiger charge is -2.06.